The van der Waals surface area contributed by atoms with Gasteiger partial charge in [0.1, 0.15) is 10.8 Å². The summed E-state index contributed by atoms with van der Waals surface area (Å²) in [6.07, 6.45) is 3.58. The standard InChI is InChI=1S/C10H14N6S/c1-6-3-14-10(16-11)15-9(6)13-5-8-12-4-7(2)17-8/h3-4H,5,11H2,1-2H3,(H2,13,14,15,16). The molecule has 0 saturated heterocycles. The van der Waals surface area contributed by atoms with Crippen molar-refractivity contribution in [1.82, 2.24) is 15.0 Å². The first-order chi connectivity index (χ1) is 8.19. The number of nitrogens with zero attached hydrogens (tertiary/aromatic N) is 3. The lowest BCUT2D eigenvalue weighted by Gasteiger charge is -2.07. The highest BCUT2D eigenvalue weighted by Gasteiger charge is 2.04. The molecule has 17 heavy (non-hydrogen) atoms. The monoisotopic (exact) mass is 250 g/mol. The molecule has 6 nitrogen and oxygen atoms in total. The van der Waals surface area contributed by atoms with Crippen LogP contribution in [0, 0.1) is 13.8 Å². The van der Waals surface area contributed by atoms with Gasteiger partial charge in [-0.05, 0) is 13.8 Å². The van der Waals surface area contributed by atoms with Crippen molar-refractivity contribution in [3.05, 3.63) is 27.8 Å². The van der Waals surface area contributed by atoms with E-state index in [-0.39, 0.29) is 0 Å². The van der Waals surface area contributed by atoms with Gasteiger partial charge in [-0.25, -0.2) is 15.8 Å². The molecule has 0 bridgehead atoms. The molecule has 2 rings (SSSR count). The van der Waals surface area contributed by atoms with Crippen molar-refractivity contribution < 1.29 is 0 Å². The van der Waals surface area contributed by atoms with Crippen LogP contribution in [0.3, 0.4) is 0 Å². The van der Waals surface area contributed by atoms with E-state index >= 15 is 0 Å². The van der Waals surface area contributed by atoms with Gasteiger partial charge in [0.05, 0.1) is 6.54 Å². The van der Waals surface area contributed by atoms with Gasteiger partial charge >= 0.3 is 0 Å². The average molecular weight is 250 g/mol. The molecule has 4 N–H and O–H groups in total. The van der Waals surface area contributed by atoms with E-state index in [9.17, 15) is 0 Å². The largest absolute Gasteiger partial charge is 0.363 e. The van der Waals surface area contributed by atoms with Crippen LogP contribution >= 0.6 is 11.3 Å². The second-order valence-corrected chi connectivity index (χ2v) is 4.91. The second-order valence-electron chi connectivity index (χ2n) is 3.59. The summed E-state index contributed by atoms with van der Waals surface area (Å²) in [5, 5.41) is 4.25. The summed E-state index contributed by atoms with van der Waals surface area (Å²) in [5.41, 5.74) is 3.39. The summed E-state index contributed by atoms with van der Waals surface area (Å²) in [6, 6.07) is 0. The Labute approximate surface area is 103 Å². The molecule has 0 spiro atoms. The maximum Gasteiger partial charge on any atom is 0.239 e. The average Bonchev–Trinajstić information content (AvgIpc) is 2.74. The Bertz CT molecular complexity index is 509. The Balaban J connectivity index is 2.07. The van der Waals surface area contributed by atoms with Crippen LogP contribution in [0.2, 0.25) is 0 Å². The van der Waals surface area contributed by atoms with Crippen molar-refractivity contribution in [2.24, 2.45) is 5.84 Å². The van der Waals surface area contributed by atoms with Crippen LogP contribution in [0.4, 0.5) is 11.8 Å². The third-order valence-corrected chi connectivity index (χ3v) is 3.09. The van der Waals surface area contributed by atoms with Gasteiger partial charge in [0.15, 0.2) is 0 Å². The summed E-state index contributed by atoms with van der Waals surface area (Å²) >= 11 is 1.67. The maximum absolute atomic E-state index is 5.27. The third kappa shape index (κ3) is 2.89. The fraction of sp³-hybridized carbons (Fsp3) is 0.300. The van der Waals surface area contributed by atoms with E-state index in [1.165, 1.54) is 4.88 Å². The first-order valence-corrected chi connectivity index (χ1v) is 5.96. The Morgan fingerprint density at radius 3 is 2.76 bits per heavy atom. The zero-order chi connectivity index (χ0) is 12.3. The molecule has 0 unspecified atom stereocenters. The zero-order valence-electron chi connectivity index (χ0n) is 9.69. The topological polar surface area (TPSA) is 88.8 Å². The van der Waals surface area contributed by atoms with Gasteiger partial charge < -0.3 is 5.32 Å². The van der Waals surface area contributed by atoms with Crippen LogP contribution in [0.5, 0.6) is 0 Å². The molecular weight excluding hydrogens is 236 g/mol. The van der Waals surface area contributed by atoms with Crippen molar-refractivity contribution in [1.29, 1.82) is 0 Å². The summed E-state index contributed by atoms with van der Waals surface area (Å²) in [5.74, 6) is 6.43. The van der Waals surface area contributed by atoms with Crippen molar-refractivity contribution >= 4 is 23.1 Å². The van der Waals surface area contributed by atoms with Crippen molar-refractivity contribution in [2.75, 3.05) is 10.7 Å². The number of hydrazine groups is 1. The lowest BCUT2D eigenvalue weighted by molar-refractivity contribution is 1.03. The normalized spacial score (nSPS) is 10.3. The number of hydrogen-bond donors (Lipinski definition) is 3. The molecule has 7 heteroatoms. The number of anilines is 2. The highest BCUT2D eigenvalue weighted by atomic mass is 32.1. The van der Waals surface area contributed by atoms with E-state index in [2.05, 4.69) is 25.7 Å². The number of nitrogens with two attached hydrogens (primary N) is 1. The van der Waals surface area contributed by atoms with Crippen LogP contribution in [0.15, 0.2) is 12.4 Å². The predicted molar refractivity (Wildman–Crippen MR) is 68.8 cm³/mol. The van der Waals surface area contributed by atoms with Crippen LogP contribution in [-0.2, 0) is 6.54 Å². The summed E-state index contributed by atoms with van der Waals surface area (Å²) in [6.45, 7) is 4.63. The molecule has 0 radical (unpaired) electrons. The number of aryl methyl sites for hydroxylation is 2. The van der Waals surface area contributed by atoms with Gasteiger partial charge in [-0.1, -0.05) is 0 Å². The molecule has 0 aliphatic rings. The minimum atomic E-state index is 0.397. The van der Waals surface area contributed by atoms with Crippen LogP contribution in [0.1, 0.15) is 15.4 Å². The first-order valence-electron chi connectivity index (χ1n) is 5.14. The Hall–Kier alpha value is -1.73. The number of hydrogen-bond acceptors (Lipinski definition) is 7. The molecule has 90 valence electrons. The molecular formula is C10H14N6S. The Morgan fingerprint density at radius 1 is 1.29 bits per heavy atom. The zero-order valence-corrected chi connectivity index (χ0v) is 10.5. The van der Waals surface area contributed by atoms with Crippen LogP contribution in [0.25, 0.3) is 0 Å². The quantitative estimate of drug-likeness (QED) is 0.562. The fourth-order valence-electron chi connectivity index (χ4n) is 1.33. The summed E-state index contributed by atoms with van der Waals surface area (Å²) in [7, 11) is 0. The van der Waals surface area contributed by atoms with E-state index < -0.39 is 0 Å². The fourth-order valence-corrected chi connectivity index (χ4v) is 2.06. The predicted octanol–water partition coefficient (Wildman–Crippen LogP) is 1.45. The van der Waals surface area contributed by atoms with E-state index in [1.54, 1.807) is 17.5 Å². The number of nitrogen functional groups attached to an aromatic ring is 1. The second kappa shape index (κ2) is 5.07. The maximum atomic E-state index is 5.27. The summed E-state index contributed by atoms with van der Waals surface area (Å²) < 4.78 is 0. The molecule has 0 fully saturated rings. The van der Waals surface area contributed by atoms with Crippen molar-refractivity contribution in [2.45, 2.75) is 20.4 Å². The van der Waals surface area contributed by atoms with Gasteiger partial charge in [-0.2, -0.15) is 4.98 Å². The summed E-state index contributed by atoms with van der Waals surface area (Å²) in [4.78, 5) is 13.7. The minimum Gasteiger partial charge on any atom is -0.363 e. The van der Waals surface area contributed by atoms with Gasteiger partial charge in [0.2, 0.25) is 5.95 Å². The number of aromatic nitrogens is 3. The highest BCUT2D eigenvalue weighted by molar-refractivity contribution is 7.11. The number of rotatable bonds is 4. The smallest absolute Gasteiger partial charge is 0.239 e. The van der Waals surface area contributed by atoms with Crippen molar-refractivity contribution in [3.8, 4) is 0 Å². The van der Waals surface area contributed by atoms with E-state index in [1.807, 2.05) is 20.0 Å². The molecule has 0 atom stereocenters. The SMILES string of the molecule is Cc1cnc(CNc2nc(NN)ncc2C)s1. The minimum absolute atomic E-state index is 0.397. The number of thiazole rings is 1. The van der Waals surface area contributed by atoms with E-state index in [0.717, 1.165) is 16.4 Å². The van der Waals surface area contributed by atoms with Gasteiger partial charge in [0, 0.05) is 22.8 Å². The molecule has 0 aliphatic carbocycles. The molecule has 2 heterocycles. The third-order valence-electron chi connectivity index (χ3n) is 2.18. The van der Waals surface area contributed by atoms with E-state index in [4.69, 9.17) is 5.84 Å². The van der Waals surface area contributed by atoms with Crippen LogP contribution < -0.4 is 16.6 Å². The Kier molecular flexibility index (Phi) is 3.50. The lowest BCUT2D eigenvalue weighted by Crippen LogP contribution is -2.12. The molecule has 2 aromatic heterocycles. The lowest BCUT2D eigenvalue weighted by atomic mass is 10.3. The van der Waals surface area contributed by atoms with Gasteiger partial charge in [0.25, 0.3) is 0 Å². The molecule has 0 aromatic carbocycles. The number of nitrogens with one attached hydrogen (secondary N) is 2. The van der Waals surface area contributed by atoms with Crippen molar-refractivity contribution in [3.63, 3.8) is 0 Å². The molecule has 0 aliphatic heterocycles. The Morgan fingerprint density at radius 2 is 2.12 bits per heavy atom. The molecule has 0 amide bonds. The first kappa shape index (κ1) is 11.7. The molecule has 0 saturated carbocycles. The van der Waals surface area contributed by atoms with Gasteiger partial charge in [-0.15, -0.1) is 11.3 Å². The highest BCUT2D eigenvalue weighted by Crippen LogP contribution is 2.16. The van der Waals surface area contributed by atoms with Gasteiger partial charge in [-0.3, -0.25) is 5.43 Å². The molecule has 2 aromatic rings. The van der Waals surface area contributed by atoms with Crippen LogP contribution in [-0.4, -0.2) is 15.0 Å². The van der Waals surface area contributed by atoms with E-state index in [0.29, 0.717) is 12.5 Å².